The number of carboxylic acids is 1. The van der Waals surface area contributed by atoms with Crippen molar-refractivity contribution in [2.75, 3.05) is 0 Å². The highest BCUT2D eigenvalue weighted by Gasteiger charge is 2.42. The number of aliphatic carboxylic acids is 1. The molecule has 2 heterocycles. The third-order valence-corrected chi connectivity index (χ3v) is 8.65. The van der Waals surface area contributed by atoms with Crippen molar-refractivity contribution in [3.63, 3.8) is 0 Å². The third-order valence-electron chi connectivity index (χ3n) is 8.26. The predicted octanol–water partition coefficient (Wildman–Crippen LogP) is 7.21. The zero-order valence-corrected chi connectivity index (χ0v) is 20.3. The average molecular weight is 510 g/mol. The van der Waals surface area contributed by atoms with E-state index in [0.717, 1.165) is 42.1 Å². The number of hydrogen-bond donors (Lipinski definition) is 1. The van der Waals surface area contributed by atoms with Crippen LogP contribution in [0.25, 0.3) is 10.8 Å². The first-order valence-corrected chi connectivity index (χ1v) is 13.0. The van der Waals surface area contributed by atoms with Crippen LogP contribution in [-0.4, -0.2) is 40.3 Å². The van der Waals surface area contributed by atoms with Crippen LogP contribution in [0, 0.1) is 11.8 Å². The van der Waals surface area contributed by atoms with Gasteiger partial charge in [-0.2, -0.15) is 13.2 Å². The van der Waals surface area contributed by atoms with Gasteiger partial charge in [0, 0.05) is 24.0 Å². The summed E-state index contributed by atoms with van der Waals surface area (Å²) in [4.78, 5) is 14.0. The minimum atomic E-state index is -4.14. The average Bonchev–Trinajstić information content (AvgIpc) is 2.80. The van der Waals surface area contributed by atoms with E-state index in [0.29, 0.717) is 36.5 Å². The molecule has 5 rings (SSSR count). The maximum absolute atomic E-state index is 13.0. The lowest BCUT2D eigenvalue weighted by Gasteiger charge is -2.48. The molecule has 3 aliphatic rings. The summed E-state index contributed by atoms with van der Waals surface area (Å²) in [6, 6.07) is 10.5. The zero-order valence-electron chi connectivity index (χ0n) is 19.6. The molecule has 4 nitrogen and oxygen atoms in total. The van der Waals surface area contributed by atoms with Gasteiger partial charge in [0.1, 0.15) is 5.75 Å². The Morgan fingerprint density at radius 1 is 1.03 bits per heavy atom. The number of halogens is 4. The Morgan fingerprint density at radius 3 is 2.31 bits per heavy atom. The first-order chi connectivity index (χ1) is 16.7. The van der Waals surface area contributed by atoms with E-state index < -0.39 is 18.1 Å². The molecule has 0 spiro atoms. The largest absolute Gasteiger partial charge is 0.489 e. The van der Waals surface area contributed by atoms with Gasteiger partial charge >= 0.3 is 12.1 Å². The van der Waals surface area contributed by atoms with E-state index in [1.165, 1.54) is 0 Å². The summed E-state index contributed by atoms with van der Waals surface area (Å²) in [6.45, 7) is 0.750. The van der Waals surface area contributed by atoms with Crippen LogP contribution in [0.15, 0.2) is 30.3 Å². The summed E-state index contributed by atoms with van der Waals surface area (Å²) >= 11 is 6.74. The number of piperidine rings is 2. The molecule has 2 aromatic rings. The van der Waals surface area contributed by atoms with Crippen molar-refractivity contribution < 1.29 is 27.8 Å². The highest BCUT2D eigenvalue weighted by Crippen LogP contribution is 2.41. The van der Waals surface area contributed by atoms with Crippen LogP contribution < -0.4 is 4.74 Å². The lowest BCUT2D eigenvalue weighted by molar-refractivity contribution is -0.185. The fraction of sp³-hybridized carbons (Fsp3) is 0.593. The quantitative estimate of drug-likeness (QED) is 0.462. The molecule has 8 heteroatoms. The van der Waals surface area contributed by atoms with E-state index in [9.17, 15) is 23.1 Å². The highest BCUT2D eigenvalue weighted by atomic mass is 35.5. The SMILES string of the molecule is O=C(O)C1CC2CCCC(C1)N2Cc1ccc2ccc(OC3CCC(C(F)(F)F)CC3)c(Cl)c2c1. The van der Waals surface area contributed by atoms with E-state index in [-0.39, 0.29) is 36.9 Å². The van der Waals surface area contributed by atoms with Crippen LogP contribution in [0.5, 0.6) is 5.75 Å². The Hall–Kier alpha value is -1.99. The second-order valence-electron chi connectivity index (χ2n) is 10.5. The third kappa shape index (κ3) is 5.26. The van der Waals surface area contributed by atoms with Gasteiger partial charge in [-0.1, -0.05) is 36.2 Å². The lowest BCUT2D eigenvalue weighted by Crippen LogP contribution is -2.52. The van der Waals surface area contributed by atoms with Crippen LogP contribution in [-0.2, 0) is 11.3 Å². The number of ether oxygens (including phenoxy) is 1. The Bertz CT molecular complexity index is 1070. The van der Waals surface area contributed by atoms with Crippen LogP contribution in [0.4, 0.5) is 13.2 Å². The molecule has 0 amide bonds. The number of carbonyl (C=O) groups is 1. The molecule has 2 saturated heterocycles. The molecule has 2 atom stereocenters. The molecule has 2 unspecified atom stereocenters. The van der Waals surface area contributed by atoms with Gasteiger partial charge in [-0.3, -0.25) is 9.69 Å². The first kappa shape index (κ1) is 24.7. The van der Waals surface area contributed by atoms with Crippen molar-refractivity contribution in [1.29, 1.82) is 0 Å². The molecule has 2 aliphatic heterocycles. The number of benzene rings is 2. The Morgan fingerprint density at radius 2 is 1.69 bits per heavy atom. The number of carboxylic acid groups (broad SMARTS) is 1. The Kier molecular flexibility index (Phi) is 6.92. The number of hydrogen-bond acceptors (Lipinski definition) is 3. The van der Waals surface area contributed by atoms with Gasteiger partial charge in [0.05, 0.1) is 23.0 Å². The molecule has 1 saturated carbocycles. The van der Waals surface area contributed by atoms with Crippen molar-refractivity contribution >= 4 is 28.3 Å². The monoisotopic (exact) mass is 509 g/mol. The number of alkyl halides is 3. The molecule has 1 aliphatic carbocycles. The van der Waals surface area contributed by atoms with E-state index in [4.69, 9.17) is 16.3 Å². The van der Waals surface area contributed by atoms with Gasteiger partial charge < -0.3 is 9.84 Å². The van der Waals surface area contributed by atoms with E-state index in [1.807, 2.05) is 12.1 Å². The molecule has 0 radical (unpaired) electrons. The molecule has 35 heavy (non-hydrogen) atoms. The van der Waals surface area contributed by atoms with E-state index in [2.05, 4.69) is 17.0 Å². The Balaban J connectivity index is 1.30. The normalized spacial score (nSPS) is 29.8. The summed E-state index contributed by atoms with van der Waals surface area (Å²) < 4.78 is 45.0. The zero-order chi connectivity index (χ0) is 24.7. The fourth-order valence-corrected chi connectivity index (χ4v) is 6.61. The lowest BCUT2D eigenvalue weighted by atomic mass is 9.78. The molecule has 1 N–H and O–H groups in total. The standard InChI is InChI=1S/C27H31ClF3NO3/c28-25-23-12-16(15-32-20-2-1-3-21(32)14-18(13-20)26(33)34)4-5-17(23)6-11-24(25)35-22-9-7-19(8-10-22)27(29,30)31/h4-6,11-12,18-22H,1-3,7-10,13-15H2,(H,33,34). The minimum Gasteiger partial charge on any atom is -0.489 e. The topological polar surface area (TPSA) is 49.8 Å². The molecule has 3 fully saturated rings. The number of fused-ring (bicyclic) bond motifs is 3. The van der Waals surface area contributed by atoms with Gasteiger partial charge in [0.15, 0.2) is 0 Å². The smallest absolute Gasteiger partial charge is 0.391 e. The number of rotatable bonds is 5. The second kappa shape index (κ2) is 9.81. The second-order valence-corrected chi connectivity index (χ2v) is 10.9. The van der Waals surface area contributed by atoms with Crippen LogP contribution in [0.2, 0.25) is 5.02 Å². The summed E-state index contributed by atoms with van der Waals surface area (Å²) in [7, 11) is 0. The maximum Gasteiger partial charge on any atom is 0.391 e. The van der Waals surface area contributed by atoms with Crippen molar-refractivity contribution in [2.24, 2.45) is 11.8 Å². The van der Waals surface area contributed by atoms with Gasteiger partial charge in [0.25, 0.3) is 0 Å². The Labute approximate surface area is 208 Å². The van der Waals surface area contributed by atoms with Crippen molar-refractivity contribution in [3.8, 4) is 5.75 Å². The van der Waals surface area contributed by atoms with Crippen molar-refractivity contribution in [1.82, 2.24) is 4.90 Å². The summed E-state index contributed by atoms with van der Waals surface area (Å²) in [6.07, 6.45) is 1.13. The molecule has 0 aromatic heterocycles. The highest BCUT2D eigenvalue weighted by molar-refractivity contribution is 6.37. The van der Waals surface area contributed by atoms with Gasteiger partial charge in [-0.25, -0.2) is 0 Å². The fourth-order valence-electron chi connectivity index (χ4n) is 6.34. The molecular weight excluding hydrogens is 479 g/mol. The van der Waals surface area contributed by atoms with Crippen molar-refractivity contribution in [2.45, 2.75) is 88.7 Å². The minimum absolute atomic E-state index is 0.0877. The predicted molar refractivity (Wildman–Crippen MR) is 129 cm³/mol. The molecule has 190 valence electrons. The summed E-state index contributed by atoms with van der Waals surface area (Å²) in [5.41, 5.74) is 1.12. The molecular formula is C27H31ClF3NO3. The van der Waals surface area contributed by atoms with Crippen LogP contribution in [0.1, 0.15) is 63.4 Å². The maximum atomic E-state index is 13.0. The first-order valence-electron chi connectivity index (χ1n) is 12.6. The van der Waals surface area contributed by atoms with E-state index in [1.54, 1.807) is 6.07 Å². The van der Waals surface area contributed by atoms with Crippen LogP contribution in [0.3, 0.4) is 0 Å². The summed E-state index contributed by atoms with van der Waals surface area (Å²) in [5, 5.41) is 11.9. The van der Waals surface area contributed by atoms with Gasteiger partial charge in [-0.15, -0.1) is 0 Å². The summed E-state index contributed by atoms with van der Waals surface area (Å²) in [5.74, 6) is -1.65. The molecule has 2 bridgehead atoms. The van der Waals surface area contributed by atoms with Gasteiger partial charge in [-0.05, 0) is 74.4 Å². The van der Waals surface area contributed by atoms with Gasteiger partial charge in [0.2, 0.25) is 0 Å². The van der Waals surface area contributed by atoms with E-state index >= 15 is 0 Å². The van der Waals surface area contributed by atoms with Crippen molar-refractivity contribution in [3.05, 3.63) is 40.9 Å². The molecule has 2 aromatic carbocycles. The number of nitrogens with zero attached hydrogens (tertiary/aromatic N) is 1. The van der Waals surface area contributed by atoms with Crippen LogP contribution >= 0.6 is 11.6 Å².